The van der Waals surface area contributed by atoms with Gasteiger partial charge in [-0.25, -0.2) is 4.79 Å². The fourth-order valence-electron chi connectivity index (χ4n) is 2.18. The maximum atomic E-state index is 11.2. The van der Waals surface area contributed by atoms with E-state index in [0.717, 1.165) is 24.2 Å². The monoisotopic (exact) mass is 302 g/mol. The van der Waals surface area contributed by atoms with E-state index in [1.807, 2.05) is 18.2 Å². The number of unbranched alkanes of at least 4 members (excludes halogenated alkanes) is 3. The zero-order chi connectivity index (χ0) is 16.2. The molecule has 0 fully saturated rings. The summed E-state index contributed by atoms with van der Waals surface area (Å²) in [6, 6.07) is 8.02. The number of hydrogen-bond acceptors (Lipinski definition) is 3. The van der Waals surface area contributed by atoms with Gasteiger partial charge < -0.3 is 9.47 Å². The topological polar surface area (TPSA) is 35.5 Å². The van der Waals surface area contributed by atoms with Gasteiger partial charge in [0.05, 0.1) is 14.2 Å². The van der Waals surface area contributed by atoms with Gasteiger partial charge in [0.1, 0.15) is 5.75 Å². The molecule has 1 aromatic carbocycles. The Morgan fingerprint density at radius 2 is 1.82 bits per heavy atom. The number of rotatable bonds is 9. The average Bonchev–Trinajstić information content (AvgIpc) is 2.57. The summed E-state index contributed by atoms with van der Waals surface area (Å²) in [6.45, 7) is 2.21. The molecule has 0 heterocycles. The Balaban J connectivity index is 2.81. The van der Waals surface area contributed by atoms with E-state index in [0.29, 0.717) is 0 Å². The molecule has 0 aliphatic carbocycles. The molecule has 0 saturated heterocycles. The van der Waals surface area contributed by atoms with Crippen molar-refractivity contribution in [2.45, 2.75) is 39.0 Å². The molecular formula is C19H26O3. The maximum absolute atomic E-state index is 11.2. The van der Waals surface area contributed by atoms with E-state index in [9.17, 15) is 4.79 Å². The summed E-state index contributed by atoms with van der Waals surface area (Å²) in [5.41, 5.74) is 2.38. The third-order valence-electron chi connectivity index (χ3n) is 3.49. The van der Waals surface area contributed by atoms with Gasteiger partial charge >= 0.3 is 5.97 Å². The van der Waals surface area contributed by atoms with Crippen LogP contribution in [0.25, 0.3) is 5.57 Å². The summed E-state index contributed by atoms with van der Waals surface area (Å²) in [4.78, 5) is 11.2. The second-order valence-electron chi connectivity index (χ2n) is 5.11. The van der Waals surface area contributed by atoms with Gasteiger partial charge in [0.25, 0.3) is 0 Å². The van der Waals surface area contributed by atoms with Crippen molar-refractivity contribution in [1.29, 1.82) is 0 Å². The van der Waals surface area contributed by atoms with Gasteiger partial charge in [0, 0.05) is 6.08 Å². The lowest BCUT2D eigenvalue weighted by Crippen LogP contribution is -1.93. The highest BCUT2D eigenvalue weighted by molar-refractivity contribution is 5.82. The van der Waals surface area contributed by atoms with Gasteiger partial charge in [-0.1, -0.05) is 50.5 Å². The number of esters is 1. The Morgan fingerprint density at radius 3 is 2.41 bits per heavy atom. The summed E-state index contributed by atoms with van der Waals surface area (Å²) in [6.07, 6.45) is 11.0. The van der Waals surface area contributed by atoms with E-state index < -0.39 is 0 Å². The molecule has 1 rings (SSSR count). The molecule has 3 nitrogen and oxygen atoms in total. The Labute approximate surface area is 133 Å². The first-order valence-electron chi connectivity index (χ1n) is 7.80. The number of hydrogen-bond donors (Lipinski definition) is 0. The normalized spacial score (nSPS) is 11.7. The lowest BCUT2D eigenvalue weighted by Gasteiger charge is -2.08. The van der Waals surface area contributed by atoms with Crippen molar-refractivity contribution >= 4 is 11.5 Å². The van der Waals surface area contributed by atoms with Crippen molar-refractivity contribution in [3.05, 3.63) is 48.1 Å². The van der Waals surface area contributed by atoms with Crippen molar-refractivity contribution in [2.24, 2.45) is 0 Å². The van der Waals surface area contributed by atoms with Crippen molar-refractivity contribution in [3.8, 4) is 5.75 Å². The summed E-state index contributed by atoms with van der Waals surface area (Å²) in [5.74, 6) is 0.510. The number of carbonyl (C=O) groups is 1. The highest BCUT2D eigenvalue weighted by atomic mass is 16.5. The fourth-order valence-corrected chi connectivity index (χ4v) is 2.18. The third kappa shape index (κ3) is 6.61. The molecule has 0 aliphatic rings. The first-order chi connectivity index (χ1) is 10.7. The van der Waals surface area contributed by atoms with Gasteiger partial charge in [-0.15, -0.1) is 0 Å². The zero-order valence-electron chi connectivity index (χ0n) is 13.8. The zero-order valence-corrected chi connectivity index (χ0v) is 13.8. The van der Waals surface area contributed by atoms with Gasteiger partial charge in [-0.2, -0.15) is 0 Å². The van der Waals surface area contributed by atoms with Crippen molar-refractivity contribution in [2.75, 3.05) is 14.2 Å². The van der Waals surface area contributed by atoms with Crippen LogP contribution in [-0.2, 0) is 9.53 Å². The van der Waals surface area contributed by atoms with Crippen LogP contribution in [0.4, 0.5) is 0 Å². The van der Waals surface area contributed by atoms with Crippen LogP contribution < -0.4 is 4.74 Å². The standard InChI is InChI=1S/C19H26O3/c1-4-5-6-7-9-16(10-8-11-19(20)22-3)17-12-14-18(21-2)15-13-17/h8,10-15H,4-7,9H2,1-3H3/b11-8+,16-10-. The Hall–Kier alpha value is -2.03. The van der Waals surface area contributed by atoms with Crippen LogP contribution in [-0.4, -0.2) is 20.2 Å². The second-order valence-corrected chi connectivity index (χ2v) is 5.11. The molecule has 0 N–H and O–H groups in total. The molecule has 0 bridgehead atoms. The van der Waals surface area contributed by atoms with Crippen LogP contribution in [0, 0.1) is 0 Å². The maximum Gasteiger partial charge on any atom is 0.330 e. The van der Waals surface area contributed by atoms with Gasteiger partial charge in [0.15, 0.2) is 0 Å². The van der Waals surface area contributed by atoms with E-state index >= 15 is 0 Å². The number of methoxy groups -OCH3 is 2. The molecule has 3 heteroatoms. The molecule has 120 valence electrons. The molecule has 1 aromatic rings. The van der Waals surface area contributed by atoms with Crippen molar-refractivity contribution < 1.29 is 14.3 Å². The van der Waals surface area contributed by atoms with Crippen LogP contribution in [0.3, 0.4) is 0 Å². The summed E-state index contributed by atoms with van der Waals surface area (Å²) in [5, 5.41) is 0. The summed E-state index contributed by atoms with van der Waals surface area (Å²) >= 11 is 0. The number of benzene rings is 1. The van der Waals surface area contributed by atoms with Gasteiger partial charge in [-0.05, 0) is 36.1 Å². The van der Waals surface area contributed by atoms with E-state index in [1.54, 1.807) is 13.2 Å². The van der Waals surface area contributed by atoms with Crippen LogP contribution >= 0.6 is 0 Å². The third-order valence-corrected chi connectivity index (χ3v) is 3.49. The lowest BCUT2D eigenvalue weighted by molar-refractivity contribution is -0.134. The largest absolute Gasteiger partial charge is 0.497 e. The highest BCUT2D eigenvalue weighted by Crippen LogP contribution is 2.24. The molecule has 22 heavy (non-hydrogen) atoms. The van der Waals surface area contributed by atoms with Gasteiger partial charge in [-0.3, -0.25) is 0 Å². The first kappa shape index (κ1) is 18.0. The van der Waals surface area contributed by atoms with Gasteiger partial charge in [0.2, 0.25) is 0 Å². The Bertz CT molecular complexity index is 498. The minimum atomic E-state index is -0.337. The summed E-state index contributed by atoms with van der Waals surface area (Å²) < 4.78 is 9.80. The van der Waals surface area contributed by atoms with E-state index in [4.69, 9.17) is 4.74 Å². The minimum Gasteiger partial charge on any atom is -0.497 e. The number of ether oxygens (including phenoxy) is 2. The van der Waals surface area contributed by atoms with Crippen LogP contribution in [0.5, 0.6) is 5.75 Å². The second kappa shape index (κ2) is 10.7. The molecule has 0 saturated carbocycles. The van der Waals surface area contributed by atoms with Crippen molar-refractivity contribution in [3.63, 3.8) is 0 Å². The predicted octanol–water partition coefficient (Wildman–Crippen LogP) is 4.78. The Kier molecular flexibility index (Phi) is 8.73. The molecule has 0 aliphatic heterocycles. The predicted molar refractivity (Wildman–Crippen MR) is 90.9 cm³/mol. The molecule has 0 unspecified atom stereocenters. The lowest BCUT2D eigenvalue weighted by atomic mass is 9.98. The molecule has 0 spiro atoms. The molecule has 0 atom stereocenters. The Morgan fingerprint density at radius 1 is 1.09 bits per heavy atom. The SMILES string of the molecule is CCCCCC/C(=C/C=C/C(=O)OC)c1ccc(OC)cc1. The number of carbonyl (C=O) groups excluding carboxylic acids is 1. The quantitative estimate of drug-likeness (QED) is 0.285. The molecule has 0 radical (unpaired) electrons. The van der Waals surface area contributed by atoms with E-state index in [-0.39, 0.29) is 5.97 Å². The van der Waals surface area contributed by atoms with E-state index in [1.165, 1.54) is 38.0 Å². The molecule has 0 amide bonds. The van der Waals surface area contributed by atoms with Crippen LogP contribution in [0.2, 0.25) is 0 Å². The smallest absolute Gasteiger partial charge is 0.330 e. The highest BCUT2D eigenvalue weighted by Gasteiger charge is 2.02. The minimum absolute atomic E-state index is 0.337. The number of allylic oxidation sites excluding steroid dienone is 3. The fraction of sp³-hybridized carbons (Fsp3) is 0.421. The summed E-state index contributed by atoms with van der Waals surface area (Å²) in [7, 11) is 3.04. The average molecular weight is 302 g/mol. The first-order valence-corrected chi connectivity index (χ1v) is 7.80. The molecular weight excluding hydrogens is 276 g/mol. The van der Waals surface area contributed by atoms with Crippen LogP contribution in [0.15, 0.2) is 42.5 Å². The van der Waals surface area contributed by atoms with E-state index in [2.05, 4.69) is 23.8 Å². The van der Waals surface area contributed by atoms with Crippen molar-refractivity contribution in [1.82, 2.24) is 0 Å². The molecule has 0 aromatic heterocycles. The van der Waals surface area contributed by atoms with Crippen LogP contribution in [0.1, 0.15) is 44.6 Å².